The number of hydrogen-bond donors (Lipinski definition) is 1. The summed E-state index contributed by atoms with van der Waals surface area (Å²) in [6, 6.07) is 5.24. The minimum atomic E-state index is 0.754. The fraction of sp³-hybridized carbons (Fsp3) is 0.722. The molecule has 0 aromatic carbocycles. The van der Waals surface area contributed by atoms with Crippen LogP contribution in [0.3, 0.4) is 0 Å². The molecule has 2 atom stereocenters. The van der Waals surface area contributed by atoms with Crippen molar-refractivity contribution in [2.24, 2.45) is 5.92 Å². The number of rotatable bonds is 5. The van der Waals surface area contributed by atoms with Crippen LogP contribution in [-0.2, 0) is 6.54 Å². The van der Waals surface area contributed by atoms with Crippen LogP contribution < -0.4 is 10.2 Å². The van der Waals surface area contributed by atoms with Gasteiger partial charge in [-0.25, -0.2) is 4.98 Å². The first kappa shape index (κ1) is 14.8. The van der Waals surface area contributed by atoms with Crippen LogP contribution in [0.2, 0.25) is 0 Å². The highest BCUT2D eigenvalue weighted by Gasteiger charge is 2.33. The summed E-state index contributed by atoms with van der Waals surface area (Å²) in [6.07, 6.45) is 11.6. The third-order valence-corrected chi connectivity index (χ3v) is 5.10. The van der Waals surface area contributed by atoms with E-state index in [2.05, 4.69) is 35.5 Å². The van der Waals surface area contributed by atoms with Gasteiger partial charge >= 0.3 is 0 Å². The maximum Gasteiger partial charge on any atom is 0.128 e. The number of aromatic nitrogens is 1. The lowest BCUT2D eigenvalue weighted by molar-refractivity contribution is 0.242. The van der Waals surface area contributed by atoms with Gasteiger partial charge < -0.3 is 10.2 Å². The smallest absolute Gasteiger partial charge is 0.128 e. The van der Waals surface area contributed by atoms with E-state index >= 15 is 0 Å². The Morgan fingerprint density at radius 2 is 2.05 bits per heavy atom. The van der Waals surface area contributed by atoms with Crippen molar-refractivity contribution >= 4 is 5.82 Å². The van der Waals surface area contributed by atoms with Crippen molar-refractivity contribution in [2.45, 2.75) is 64.5 Å². The average molecular weight is 287 g/mol. The molecule has 1 N–H and O–H groups in total. The van der Waals surface area contributed by atoms with E-state index < -0.39 is 0 Å². The molecule has 3 heteroatoms. The van der Waals surface area contributed by atoms with Crippen LogP contribution in [0.15, 0.2) is 18.3 Å². The molecular weight excluding hydrogens is 258 g/mol. The summed E-state index contributed by atoms with van der Waals surface area (Å²) >= 11 is 0. The van der Waals surface area contributed by atoms with Crippen LogP contribution in [0.25, 0.3) is 0 Å². The lowest BCUT2D eigenvalue weighted by Crippen LogP contribution is -2.47. The summed E-state index contributed by atoms with van der Waals surface area (Å²) in [6.45, 7) is 5.41. The quantitative estimate of drug-likeness (QED) is 0.836. The maximum absolute atomic E-state index is 4.76. The van der Waals surface area contributed by atoms with Crippen LogP contribution in [0.1, 0.15) is 57.4 Å². The molecule has 2 heterocycles. The van der Waals surface area contributed by atoms with Crippen molar-refractivity contribution in [3.63, 3.8) is 0 Å². The zero-order valence-corrected chi connectivity index (χ0v) is 13.4. The Labute approximate surface area is 129 Å². The molecular formula is C18H29N3. The standard InChI is InChI=1S/C18H29N3/c1-2-11-19-13-15-9-10-18(20-14-15)21-12-5-7-16-6-3-4-8-17(16)21/h9-10,14,16-17,19H,2-8,11-13H2,1H3/t16-,17-/m1/s1. The van der Waals surface area contributed by atoms with E-state index in [0.717, 1.165) is 25.0 Å². The minimum Gasteiger partial charge on any atom is -0.353 e. The monoisotopic (exact) mass is 287 g/mol. The van der Waals surface area contributed by atoms with Crippen molar-refractivity contribution < 1.29 is 0 Å². The van der Waals surface area contributed by atoms with Gasteiger partial charge in [0, 0.05) is 25.3 Å². The summed E-state index contributed by atoms with van der Waals surface area (Å²) < 4.78 is 0. The molecule has 1 saturated heterocycles. The van der Waals surface area contributed by atoms with Gasteiger partial charge in [-0.2, -0.15) is 0 Å². The highest BCUT2D eigenvalue weighted by Crippen LogP contribution is 2.37. The molecule has 3 rings (SSSR count). The zero-order chi connectivity index (χ0) is 14.5. The van der Waals surface area contributed by atoms with Gasteiger partial charge in [-0.05, 0) is 56.2 Å². The normalized spacial score (nSPS) is 25.7. The molecule has 1 aliphatic carbocycles. The highest BCUT2D eigenvalue weighted by molar-refractivity contribution is 5.41. The third kappa shape index (κ3) is 3.57. The molecule has 0 unspecified atom stereocenters. The van der Waals surface area contributed by atoms with E-state index in [4.69, 9.17) is 4.98 Å². The highest BCUT2D eigenvalue weighted by atomic mass is 15.2. The van der Waals surface area contributed by atoms with E-state index in [9.17, 15) is 0 Å². The van der Waals surface area contributed by atoms with Crippen molar-refractivity contribution in [2.75, 3.05) is 18.0 Å². The zero-order valence-electron chi connectivity index (χ0n) is 13.4. The second-order valence-electron chi connectivity index (χ2n) is 6.65. The lowest BCUT2D eigenvalue weighted by Gasteiger charge is -2.44. The maximum atomic E-state index is 4.76. The summed E-state index contributed by atoms with van der Waals surface area (Å²) in [5, 5.41) is 3.44. The first-order valence-electron chi connectivity index (χ1n) is 8.81. The van der Waals surface area contributed by atoms with Gasteiger partial charge in [0.25, 0.3) is 0 Å². The van der Waals surface area contributed by atoms with Crippen LogP contribution in [0.4, 0.5) is 5.82 Å². The molecule has 1 aliphatic heterocycles. The van der Waals surface area contributed by atoms with E-state index in [0.29, 0.717) is 0 Å². The second kappa shape index (κ2) is 7.26. The molecule has 1 aromatic heterocycles. The van der Waals surface area contributed by atoms with Crippen LogP contribution in [-0.4, -0.2) is 24.1 Å². The van der Waals surface area contributed by atoms with Crippen molar-refractivity contribution in [3.8, 4) is 0 Å². The Balaban J connectivity index is 1.65. The third-order valence-electron chi connectivity index (χ3n) is 5.10. The van der Waals surface area contributed by atoms with Crippen LogP contribution >= 0.6 is 0 Å². The fourth-order valence-corrected chi connectivity index (χ4v) is 4.01. The minimum absolute atomic E-state index is 0.754. The van der Waals surface area contributed by atoms with Crippen molar-refractivity contribution in [3.05, 3.63) is 23.9 Å². The molecule has 0 amide bonds. The molecule has 0 radical (unpaired) electrons. The molecule has 2 aliphatic rings. The average Bonchev–Trinajstić information content (AvgIpc) is 2.55. The number of fused-ring (bicyclic) bond motifs is 1. The van der Waals surface area contributed by atoms with E-state index in [1.165, 1.54) is 62.9 Å². The predicted molar refractivity (Wildman–Crippen MR) is 88.6 cm³/mol. The van der Waals surface area contributed by atoms with Crippen molar-refractivity contribution in [1.29, 1.82) is 0 Å². The number of pyridine rings is 1. The number of anilines is 1. The number of hydrogen-bond acceptors (Lipinski definition) is 3. The number of nitrogens with zero attached hydrogens (tertiary/aromatic N) is 2. The molecule has 2 fully saturated rings. The Hall–Kier alpha value is -1.09. The van der Waals surface area contributed by atoms with Crippen LogP contribution in [0, 0.1) is 5.92 Å². The Morgan fingerprint density at radius 3 is 2.86 bits per heavy atom. The van der Waals surface area contributed by atoms with Gasteiger partial charge in [0.05, 0.1) is 0 Å². The van der Waals surface area contributed by atoms with Gasteiger partial charge in [0.15, 0.2) is 0 Å². The molecule has 1 aromatic rings. The fourth-order valence-electron chi connectivity index (χ4n) is 4.01. The SMILES string of the molecule is CCCNCc1ccc(N2CCC[C@H]3CCCC[C@H]32)nc1. The first-order valence-corrected chi connectivity index (χ1v) is 8.81. The lowest BCUT2D eigenvalue weighted by atomic mass is 9.78. The topological polar surface area (TPSA) is 28.2 Å². The largest absolute Gasteiger partial charge is 0.353 e. The van der Waals surface area contributed by atoms with Gasteiger partial charge in [-0.3, -0.25) is 0 Å². The number of piperidine rings is 1. The first-order chi connectivity index (χ1) is 10.4. The summed E-state index contributed by atoms with van der Waals surface area (Å²) in [7, 11) is 0. The molecule has 0 spiro atoms. The Bertz CT molecular complexity index is 427. The van der Waals surface area contributed by atoms with Gasteiger partial charge in [0.1, 0.15) is 5.82 Å². The molecule has 116 valence electrons. The summed E-state index contributed by atoms with van der Waals surface area (Å²) in [5.74, 6) is 2.12. The van der Waals surface area contributed by atoms with Gasteiger partial charge in [0.2, 0.25) is 0 Å². The van der Waals surface area contributed by atoms with E-state index in [1.54, 1.807) is 0 Å². The summed E-state index contributed by atoms with van der Waals surface area (Å²) in [4.78, 5) is 7.35. The Kier molecular flexibility index (Phi) is 5.13. The summed E-state index contributed by atoms with van der Waals surface area (Å²) in [5.41, 5.74) is 1.30. The predicted octanol–water partition coefficient (Wildman–Crippen LogP) is 3.74. The number of nitrogens with one attached hydrogen (secondary N) is 1. The second-order valence-corrected chi connectivity index (χ2v) is 6.65. The van der Waals surface area contributed by atoms with E-state index in [1.807, 2.05) is 0 Å². The van der Waals surface area contributed by atoms with E-state index in [-0.39, 0.29) is 0 Å². The van der Waals surface area contributed by atoms with Gasteiger partial charge in [-0.1, -0.05) is 25.8 Å². The molecule has 21 heavy (non-hydrogen) atoms. The van der Waals surface area contributed by atoms with Gasteiger partial charge in [-0.15, -0.1) is 0 Å². The van der Waals surface area contributed by atoms with Crippen LogP contribution in [0.5, 0.6) is 0 Å². The molecule has 1 saturated carbocycles. The Morgan fingerprint density at radius 1 is 1.19 bits per heavy atom. The molecule has 3 nitrogen and oxygen atoms in total. The van der Waals surface area contributed by atoms with Crippen molar-refractivity contribution in [1.82, 2.24) is 10.3 Å². The molecule has 0 bridgehead atoms.